The van der Waals surface area contributed by atoms with Crippen LogP contribution < -0.4 is 9.90 Å². The van der Waals surface area contributed by atoms with Crippen molar-refractivity contribution in [1.82, 2.24) is 0 Å². The van der Waals surface area contributed by atoms with Crippen LogP contribution in [0.3, 0.4) is 0 Å². The maximum Gasteiger partial charge on any atom is 0.256 e. The summed E-state index contributed by atoms with van der Waals surface area (Å²) < 4.78 is 0. The Hall–Kier alpha value is -2.29. The minimum absolute atomic E-state index is 0.0612. The topological polar surface area (TPSA) is 29.5 Å². The molecule has 0 unspecified atom stereocenters. The summed E-state index contributed by atoms with van der Waals surface area (Å²) in [6.45, 7) is 14.9. The number of hydrogen-bond acceptors (Lipinski definition) is 2. The third kappa shape index (κ3) is 4.71. The molecule has 146 valence electrons. The number of para-hydroxylation sites is 1. The van der Waals surface area contributed by atoms with Gasteiger partial charge in [0.05, 0.1) is 5.69 Å². The van der Waals surface area contributed by atoms with Gasteiger partial charge >= 0.3 is 0 Å². The van der Waals surface area contributed by atoms with Crippen LogP contribution in [0.4, 0.5) is 5.69 Å². The van der Waals surface area contributed by atoms with Crippen molar-refractivity contribution in [2.75, 3.05) is 5.06 Å². The Kier molecular flexibility index (Phi) is 6.35. The largest absolute Gasteiger partial charge is 0.372 e. The third-order valence-electron chi connectivity index (χ3n) is 5.72. The van der Waals surface area contributed by atoms with Gasteiger partial charge in [-0.05, 0) is 47.4 Å². The Morgan fingerprint density at radius 2 is 1.52 bits per heavy atom. The molecule has 3 nitrogen and oxygen atoms in total. The van der Waals surface area contributed by atoms with E-state index in [1.807, 2.05) is 36.4 Å². The van der Waals surface area contributed by atoms with Gasteiger partial charge in [-0.25, -0.2) is 0 Å². The Morgan fingerprint density at radius 3 is 2.04 bits per heavy atom. The van der Waals surface area contributed by atoms with Crippen molar-refractivity contribution in [3.8, 4) is 5.75 Å². The van der Waals surface area contributed by atoms with E-state index >= 15 is 0 Å². The number of amides is 1. The average Bonchev–Trinajstić information content (AvgIpc) is 2.66. The molecule has 2 rings (SSSR count). The number of anilines is 1. The molecule has 0 aliphatic rings. The molecule has 2 aromatic rings. The van der Waals surface area contributed by atoms with Crippen molar-refractivity contribution in [3.63, 3.8) is 0 Å². The van der Waals surface area contributed by atoms with Crippen molar-refractivity contribution in [1.29, 1.82) is 0 Å². The van der Waals surface area contributed by atoms with Gasteiger partial charge in [-0.15, -0.1) is 5.06 Å². The van der Waals surface area contributed by atoms with Crippen LogP contribution in [0.1, 0.15) is 72.4 Å². The zero-order valence-electron chi connectivity index (χ0n) is 17.8. The maximum absolute atomic E-state index is 12.3. The predicted octanol–water partition coefficient (Wildman–Crippen LogP) is 6.41. The molecule has 0 aliphatic carbocycles. The second-order valence-corrected chi connectivity index (χ2v) is 8.43. The van der Waals surface area contributed by atoms with E-state index in [9.17, 15) is 4.79 Å². The summed E-state index contributed by atoms with van der Waals surface area (Å²) in [5.41, 5.74) is 3.18. The molecule has 0 bridgehead atoms. The van der Waals surface area contributed by atoms with Gasteiger partial charge in [0.2, 0.25) is 0 Å². The van der Waals surface area contributed by atoms with Crippen molar-refractivity contribution in [2.45, 2.75) is 72.1 Å². The van der Waals surface area contributed by atoms with Gasteiger partial charge in [0.15, 0.2) is 5.75 Å². The Morgan fingerprint density at radius 1 is 0.926 bits per heavy atom. The molecule has 0 radical (unpaired) electrons. The maximum atomic E-state index is 12.3. The smallest absolute Gasteiger partial charge is 0.256 e. The van der Waals surface area contributed by atoms with E-state index < -0.39 is 0 Å². The molecule has 0 saturated heterocycles. The van der Waals surface area contributed by atoms with Crippen molar-refractivity contribution < 1.29 is 9.63 Å². The standard InChI is InChI=1S/C24H33NO2/c1-8-23(4,5)19-15-16-22(21(17-19)24(6,7)9-2)27-25(18(3)26)20-13-11-10-12-14-20/h10-17H,8-9H2,1-7H3. The van der Waals surface area contributed by atoms with Crippen LogP contribution in [-0.2, 0) is 15.6 Å². The Bertz CT molecular complexity index is 778. The highest BCUT2D eigenvalue weighted by molar-refractivity contribution is 5.89. The summed E-state index contributed by atoms with van der Waals surface area (Å²) >= 11 is 0. The molecule has 0 saturated carbocycles. The van der Waals surface area contributed by atoms with E-state index in [0.717, 1.165) is 29.8 Å². The van der Waals surface area contributed by atoms with Crippen LogP contribution >= 0.6 is 0 Å². The minimum atomic E-state index is -0.153. The number of hydroxylamine groups is 1. The van der Waals surface area contributed by atoms with Crippen molar-refractivity contribution in [2.24, 2.45) is 0 Å². The van der Waals surface area contributed by atoms with Gasteiger partial charge in [-0.3, -0.25) is 4.79 Å². The monoisotopic (exact) mass is 367 g/mol. The summed E-state index contributed by atoms with van der Waals surface area (Å²) in [6, 6.07) is 15.9. The van der Waals surface area contributed by atoms with Gasteiger partial charge in [-0.2, -0.15) is 0 Å². The second-order valence-electron chi connectivity index (χ2n) is 8.43. The number of rotatable bonds is 7. The van der Waals surface area contributed by atoms with Crippen molar-refractivity contribution >= 4 is 11.6 Å². The van der Waals surface area contributed by atoms with Gasteiger partial charge in [0.25, 0.3) is 5.91 Å². The lowest BCUT2D eigenvalue weighted by atomic mass is 9.76. The van der Waals surface area contributed by atoms with E-state index in [1.165, 1.54) is 17.6 Å². The molecule has 0 aromatic heterocycles. The first kappa shape index (κ1) is 21.0. The first-order valence-electron chi connectivity index (χ1n) is 9.81. The lowest BCUT2D eigenvalue weighted by Crippen LogP contribution is -2.33. The highest BCUT2D eigenvalue weighted by Crippen LogP contribution is 2.39. The summed E-state index contributed by atoms with van der Waals surface area (Å²) in [5, 5.41) is 1.37. The molecule has 0 spiro atoms. The number of hydrogen-bond donors (Lipinski definition) is 0. The summed E-state index contributed by atoms with van der Waals surface area (Å²) in [6.07, 6.45) is 2.04. The fraction of sp³-hybridized carbons (Fsp3) is 0.458. The average molecular weight is 368 g/mol. The van der Waals surface area contributed by atoms with E-state index in [4.69, 9.17) is 4.84 Å². The summed E-state index contributed by atoms with van der Waals surface area (Å²) in [7, 11) is 0. The molecule has 3 heteroatoms. The molecule has 1 amide bonds. The molecule has 0 aliphatic heterocycles. The van der Waals surface area contributed by atoms with Crippen LogP contribution in [0.25, 0.3) is 0 Å². The van der Waals surface area contributed by atoms with E-state index in [1.54, 1.807) is 0 Å². The molecule has 0 fully saturated rings. The summed E-state index contributed by atoms with van der Waals surface area (Å²) in [5.74, 6) is 0.580. The number of nitrogens with zero attached hydrogens (tertiary/aromatic N) is 1. The third-order valence-corrected chi connectivity index (χ3v) is 5.72. The number of carbonyl (C=O) groups is 1. The predicted molar refractivity (Wildman–Crippen MR) is 113 cm³/mol. The van der Waals surface area contributed by atoms with E-state index in [-0.39, 0.29) is 16.7 Å². The van der Waals surface area contributed by atoms with Gasteiger partial charge in [0, 0.05) is 12.5 Å². The molecule has 0 atom stereocenters. The van der Waals surface area contributed by atoms with Gasteiger partial charge < -0.3 is 4.84 Å². The van der Waals surface area contributed by atoms with Crippen LogP contribution in [0, 0.1) is 0 Å². The van der Waals surface area contributed by atoms with Crippen LogP contribution in [0.2, 0.25) is 0 Å². The van der Waals surface area contributed by atoms with Crippen LogP contribution in [0.15, 0.2) is 48.5 Å². The zero-order valence-corrected chi connectivity index (χ0v) is 17.8. The molecular formula is C24H33NO2. The van der Waals surface area contributed by atoms with E-state index in [2.05, 4.69) is 53.7 Å². The Balaban J connectivity index is 2.53. The zero-order chi connectivity index (χ0) is 20.2. The van der Waals surface area contributed by atoms with Gasteiger partial charge in [0.1, 0.15) is 0 Å². The van der Waals surface area contributed by atoms with E-state index in [0.29, 0.717) is 0 Å². The fourth-order valence-corrected chi connectivity index (χ4v) is 2.91. The lowest BCUT2D eigenvalue weighted by molar-refractivity contribution is -0.120. The molecule has 2 aromatic carbocycles. The number of carbonyl (C=O) groups excluding carboxylic acids is 1. The Labute approximate surface area is 164 Å². The van der Waals surface area contributed by atoms with Crippen molar-refractivity contribution in [3.05, 3.63) is 59.7 Å². The highest BCUT2D eigenvalue weighted by Gasteiger charge is 2.28. The first-order valence-corrected chi connectivity index (χ1v) is 9.81. The fourth-order valence-electron chi connectivity index (χ4n) is 2.91. The normalized spacial score (nSPS) is 12.0. The molecule has 0 heterocycles. The lowest BCUT2D eigenvalue weighted by Gasteiger charge is -2.31. The van der Waals surface area contributed by atoms with Crippen LogP contribution in [-0.4, -0.2) is 5.91 Å². The minimum Gasteiger partial charge on any atom is -0.372 e. The van der Waals surface area contributed by atoms with Gasteiger partial charge in [-0.1, -0.05) is 71.9 Å². The quantitative estimate of drug-likeness (QED) is 0.529. The first-order chi connectivity index (χ1) is 12.6. The molecule has 27 heavy (non-hydrogen) atoms. The van der Waals surface area contributed by atoms with Crippen LogP contribution in [0.5, 0.6) is 5.75 Å². The highest BCUT2D eigenvalue weighted by atomic mass is 16.7. The molecular weight excluding hydrogens is 334 g/mol. The number of benzene rings is 2. The SMILES string of the molecule is CCC(C)(C)c1ccc(ON(C(C)=O)c2ccccc2)c(C(C)(C)CC)c1. The summed E-state index contributed by atoms with van der Waals surface area (Å²) in [4.78, 5) is 18.4. The molecule has 0 N–H and O–H groups in total. The second kappa shape index (κ2) is 8.16.